The average Bonchev–Trinajstić information content (AvgIpc) is 2.42. The summed E-state index contributed by atoms with van der Waals surface area (Å²) < 4.78 is 13.2. The van der Waals surface area contributed by atoms with Crippen molar-refractivity contribution in [2.75, 3.05) is 5.32 Å². The molecule has 0 aliphatic rings. The van der Waals surface area contributed by atoms with Crippen LogP contribution in [-0.2, 0) is 13.0 Å². The zero-order chi connectivity index (χ0) is 13.7. The Kier molecular flexibility index (Phi) is 4.39. The average molecular weight is 259 g/mol. The number of benzene rings is 2. The highest BCUT2D eigenvalue weighted by molar-refractivity contribution is 5.52. The van der Waals surface area contributed by atoms with E-state index in [1.807, 2.05) is 18.2 Å². The number of aromatic hydroxyl groups is 1. The highest BCUT2D eigenvalue weighted by Crippen LogP contribution is 2.23. The van der Waals surface area contributed by atoms with Crippen molar-refractivity contribution in [2.24, 2.45) is 0 Å². The highest BCUT2D eigenvalue weighted by atomic mass is 19.1. The van der Waals surface area contributed by atoms with E-state index in [0.29, 0.717) is 12.1 Å². The van der Waals surface area contributed by atoms with Crippen molar-refractivity contribution < 1.29 is 9.50 Å². The van der Waals surface area contributed by atoms with E-state index < -0.39 is 5.82 Å². The van der Waals surface area contributed by atoms with Gasteiger partial charge in [0.15, 0.2) is 11.6 Å². The first kappa shape index (κ1) is 13.4. The molecule has 3 heteroatoms. The number of nitrogens with one attached hydrogen (secondary N) is 1. The van der Waals surface area contributed by atoms with Gasteiger partial charge in [-0.3, -0.25) is 0 Å². The van der Waals surface area contributed by atoms with Crippen LogP contribution in [0.3, 0.4) is 0 Å². The van der Waals surface area contributed by atoms with Crippen LogP contribution in [-0.4, -0.2) is 5.11 Å². The van der Waals surface area contributed by atoms with Crippen molar-refractivity contribution in [1.29, 1.82) is 0 Å². The molecule has 0 saturated heterocycles. The van der Waals surface area contributed by atoms with Crippen molar-refractivity contribution in [1.82, 2.24) is 0 Å². The fourth-order valence-electron chi connectivity index (χ4n) is 2.07. The van der Waals surface area contributed by atoms with Gasteiger partial charge in [0, 0.05) is 17.8 Å². The zero-order valence-electron chi connectivity index (χ0n) is 11.0. The maximum absolute atomic E-state index is 13.2. The molecule has 0 spiro atoms. The molecule has 0 unspecified atom stereocenters. The number of phenolic OH excluding ortho intramolecular Hbond substituents is 1. The zero-order valence-corrected chi connectivity index (χ0v) is 11.0. The Bertz CT molecular complexity index is 554. The predicted molar refractivity (Wildman–Crippen MR) is 75.8 cm³/mol. The Morgan fingerprint density at radius 2 is 1.79 bits per heavy atom. The standard InChI is InChI=1S/C16H18FNO/c1-2-6-12-7-3-4-10-15(12)18-11-13-8-5-9-14(17)16(13)19/h3-5,7-10,18-19H,2,6,11H2,1H3. The van der Waals surface area contributed by atoms with Crippen LogP contribution >= 0.6 is 0 Å². The minimum Gasteiger partial charge on any atom is -0.505 e. The van der Waals surface area contributed by atoms with Crippen LogP contribution in [0.1, 0.15) is 24.5 Å². The summed E-state index contributed by atoms with van der Waals surface area (Å²) in [6.45, 7) is 2.54. The van der Waals surface area contributed by atoms with Gasteiger partial charge in [-0.25, -0.2) is 4.39 Å². The van der Waals surface area contributed by atoms with Gasteiger partial charge in [-0.05, 0) is 24.1 Å². The van der Waals surface area contributed by atoms with Gasteiger partial charge < -0.3 is 10.4 Å². The molecule has 2 nitrogen and oxygen atoms in total. The van der Waals surface area contributed by atoms with Crippen LogP contribution in [0.2, 0.25) is 0 Å². The minimum atomic E-state index is -0.582. The molecule has 100 valence electrons. The Morgan fingerprint density at radius 1 is 1.05 bits per heavy atom. The molecular formula is C16H18FNO. The molecule has 0 heterocycles. The molecule has 0 radical (unpaired) electrons. The van der Waals surface area contributed by atoms with Crippen molar-refractivity contribution in [3.05, 3.63) is 59.4 Å². The van der Waals surface area contributed by atoms with E-state index >= 15 is 0 Å². The topological polar surface area (TPSA) is 32.3 Å². The lowest BCUT2D eigenvalue weighted by Crippen LogP contribution is -2.03. The van der Waals surface area contributed by atoms with E-state index in [1.54, 1.807) is 12.1 Å². The van der Waals surface area contributed by atoms with E-state index in [-0.39, 0.29) is 5.75 Å². The van der Waals surface area contributed by atoms with E-state index in [0.717, 1.165) is 18.5 Å². The SMILES string of the molecule is CCCc1ccccc1NCc1cccc(F)c1O. The van der Waals surface area contributed by atoms with Gasteiger partial charge in [0.05, 0.1) is 0 Å². The second-order valence-electron chi connectivity index (χ2n) is 4.51. The first-order valence-corrected chi connectivity index (χ1v) is 6.50. The van der Waals surface area contributed by atoms with E-state index in [2.05, 4.69) is 18.3 Å². The molecular weight excluding hydrogens is 241 g/mol. The number of aryl methyl sites for hydroxylation is 1. The summed E-state index contributed by atoms with van der Waals surface area (Å²) in [5.74, 6) is -0.857. The highest BCUT2D eigenvalue weighted by Gasteiger charge is 2.07. The van der Waals surface area contributed by atoms with Crippen molar-refractivity contribution in [2.45, 2.75) is 26.3 Å². The summed E-state index contributed by atoms with van der Waals surface area (Å²) in [6, 6.07) is 12.6. The lowest BCUT2D eigenvalue weighted by Gasteiger charge is -2.12. The Labute approximate surface area is 112 Å². The van der Waals surface area contributed by atoms with Crippen molar-refractivity contribution >= 4 is 5.69 Å². The van der Waals surface area contributed by atoms with Gasteiger partial charge in [0.2, 0.25) is 0 Å². The van der Waals surface area contributed by atoms with Crippen molar-refractivity contribution in [3.63, 3.8) is 0 Å². The second kappa shape index (κ2) is 6.23. The number of hydrogen-bond donors (Lipinski definition) is 2. The number of para-hydroxylation sites is 2. The molecule has 0 aromatic heterocycles. The van der Waals surface area contributed by atoms with Gasteiger partial charge in [-0.1, -0.05) is 43.7 Å². The first-order valence-electron chi connectivity index (χ1n) is 6.50. The number of rotatable bonds is 5. The summed E-state index contributed by atoms with van der Waals surface area (Å²) in [4.78, 5) is 0. The fourth-order valence-corrected chi connectivity index (χ4v) is 2.07. The number of halogens is 1. The Morgan fingerprint density at radius 3 is 2.58 bits per heavy atom. The van der Waals surface area contributed by atoms with E-state index in [9.17, 15) is 9.50 Å². The van der Waals surface area contributed by atoms with Crippen LogP contribution in [0.5, 0.6) is 5.75 Å². The van der Waals surface area contributed by atoms with Gasteiger partial charge in [-0.2, -0.15) is 0 Å². The predicted octanol–water partition coefficient (Wildman–Crippen LogP) is 4.10. The number of phenols is 1. The van der Waals surface area contributed by atoms with Gasteiger partial charge in [0.25, 0.3) is 0 Å². The van der Waals surface area contributed by atoms with Crippen LogP contribution in [0, 0.1) is 5.82 Å². The minimum absolute atomic E-state index is 0.275. The maximum Gasteiger partial charge on any atom is 0.165 e. The van der Waals surface area contributed by atoms with Crippen molar-refractivity contribution in [3.8, 4) is 5.75 Å². The lowest BCUT2D eigenvalue weighted by atomic mass is 10.1. The maximum atomic E-state index is 13.2. The van der Waals surface area contributed by atoms with Crippen LogP contribution < -0.4 is 5.32 Å². The molecule has 0 fully saturated rings. The Hall–Kier alpha value is -2.03. The van der Waals surface area contributed by atoms with Crippen LogP contribution in [0.4, 0.5) is 10.1 Å². The molecule has 2 N–H and O–H groups in total. The molecule has 0 amide bonds. The van der Waals surface area contributed by atoms with Gasteiger partial charge in [0.1, 0.15) is 0 Å². The third-order valence-corrected chi connectivity index (χ3v) is 3.08. The molecule has 0 aliphatic heterocycles. The molecule has 2 aromatic carbocycles. The third-order valence-electron chi connectivity index (χ3n) is 3.08. The fraction of sp³-hybridized carbons (Fsp3) is 0.250. The molecule has 19 heavy (non-hydrogen) atoms. The Balaban J connectivity index is 2.12. The molecule has 0 aliphatic carbocycles. The number of anilines is 1. The first-order chi connectivity index (χ1) is 9.22. The molecule has 2 rings (SSSR count). The molecule has 2 aromatic rings. The van der Waals surface area contributed by atoms with Gasteiger partial charge in [-0.15, -0.1) is 0 Å². The summed E-state index contributed by atoms with van der Waals surface area (Å²) >= 11 is 0. The van der Waals surface area contributed by atoms with Crippen LogP contribution in [0.15, 0.2) is 42.5 Å². The quantitative estimate of drug-likeness (QED) is 0.847. The molecule has 0 atom stereocenters. The van der Waals surface area contributed by atoms with E-state index in [4.69, 9.17) is 0 Å². The largest absolute Gasteiger partial charge is 0.505 e. The monoisotopic (exact) mass is 259 g/mol. The molecule has 0 saturated carbocycles. The van der Waals surface area contributed by atoms with Gasteiger partial charge >= 0.3 is 0 Å². The third kappa shape index (κ3) is 3.25. The summed E-state index contributed by atoms with van der Waals surface area (Å²) in [5.41, 5.74) is 2.83. The van der Waals surface area contributed by atoms with E-state index in [1.165, 1.54) is 11.6 Å². The number of hydrogen-bond acceptors (Lipinski definition) is 2. The summed E-state index contributed by atoms with van der Waals surface area (Å²) in [7, 11) is 0. The normalized spacial score (nSPS) is 10.4. The van der Waals surface area contributed by atoms with Crippen LogP contribution in [0.25, 0.3) is 0 Å². The summed E-state index contributed by atoms with van der Waals surface area (Å²) in [6.07, 6.45) is 2.07. The smallest absolute Gasteiger partial charge is 0.165 e. The summed E-state index contributed by atoms with van der Waals surface area (Å²) in [5, 5.41) is 12.9. The second-order valence-corrected chi connectivity index (χ2v) is 4.51. The molecule has 0 bridgehead atoms. The lowest BCUT2D eigenvalue weighted by molar-refractivity contribution is 0.427.